The van der Waals surface area contributed by atoms with E-state index in [1.165, 1.54) is 16.2 Å². The van der Waals surface area contributed by atoms with Gasteiger partial charge in [0, 0.05) is 17.0 Å². The Morgan fingerprint density at radius 1 is 1.10 bits per heavy atom. The van der Waals surface area contributed by atoms with E-state index in [4.69, 9.17) is 25.8 Å². The van der Waals surface area contributed by atoms with E-state index in [0.717, 1.165) is 22.4 Å². The maximum atomic E-state index is 13.7. The Hall–Kier alpha value is -4.08. The lowest BCUT2D eigenvalue weighted by molar-refractivity contribution is -0.132. The maximum absolute atomic E-state index is 13.7. The molecule has 0 bridgehead atoms. The van der Waals surface area contributed by atoms with Crippen LogP contribution in [0.15, 0.2) is 60.2 Å². The Balaban J connectivity index is 1.53. The zero-order valence-electron chi connectivity index (χ0n) is 23.3. The summed E-state index contributed by atoms with van der Waals surface area (Å²) >= 11 is 7.46. The second kappa shape index (κ2) is 11.3. The number of aliphatic hydroxyl groups excluding tert-OH is 1. The predicted molar refractivity (Wildman–Crippen MR) is 163 cm³/mol. The highest BCUT2D eigenvalue weighted by atomic mass is 35.5. The standard InChI is InChI=1S/C32H29ClN2O6S/c1-4-12-40-24-11-6-18(15-25(24)39-5-2)28-27(29(36)19-7-10-23-20(14-19)13-17(3)41-23)30(37)31(38)35(28)32-34-22-9-8-21(33)16-26(22)42-32/h6-11,14-17,28,36H,4-5,12-13H2,1-3H3/b29-27+/t17-,28-/m1/s1. The molecule has 3 aromatic carbocycles. The van der Waals surface area contributed by atoms with Crippen LogP contribution >= 0.6 is 22.9 Å². The summed E-state index contributed by atoms with van der Waals surface area (Å²) < 4.78 is 18.4. The van der Waals surface area contributed by atoms with Crippen molar-refractivity contribution >= 4 is 55.7 Å². The average molecular weight is 605 g/mol. The van der Waals surface area contributed by atoms with E-state index in [-0.39, 0.29) is 17.4 Å². The minimum atomic E-state index is -0.969. The van der Waals surface area contributed by atoms with Crippen LogP contribution in [0.25, 0.3) is 16.0 Å². The summed E-state index contributed by atoms with van der Waals surface area (Å²) in [7, 11) is 0. The number of ketones is 1. The SMILES string of the molecule is CCCOc1ccc([C@@H]2/C(=C(\O)c3ccc4c(c3)C[C@@H](C)O4)C(=O)C(=O)N2c2nc3ccc(Cl)cc3s2)cc1OCC. The van der Waals surface area contributed by atoms with Gasteiger partial charge in [-0.2, -0.15) is 0 Å². The number of aromatic nitrogens is 1. The first-order valence-electron chi connectivity index (χ1n) is 13.9. The van der Waals surface area contributed by atoms with Crippen molar-refractivity contribution in [3.8, 4) is 17.2 Å². The van der Waals surface area contributed by atoms with E-state index in [2.05, 4.69) is 4.98 Å². The molecule has 0 aliphatic carbocycles. The summed E-state index contributed by atoms with van der Waals surface area (Å²) in [6, 6.07) is 14.9. The smallest absolute Gasteiger partial charge is 0.301 e. The molecule has 6 rings (SSSR count). The highest BCUT2D eigenvalue weighted by molar-refractivity contribution is 7.22. The lowest BCUT2D eigenvalue weighted by atomic mass is 9.94. The summed E-state index contributed by atoms with van der Waals surface area (Å²) in [5.74, 6) is -0.0707. The van der Waals surface area contributed by atoms with E-state index in [9.17, 15) is 14.7 Å². The molecule has 2 aliphatic rings. The van der Waals surface area contributed by atoms with Crippen LogP contribution in [0.5, 0.6) is 17.2 Å². The van der Waals surface area contributed by atoms with Crippen LogP contribution in [0.1, 0.15) is 49.9 Å². The van der Waals surface area contributed by atoms with Gasteiger partial charge in [-0.3, -0.25) is 14.5 Å². The van der Waals surface area contributed by atoms with E-state index in [1.54, 1.807) is 48.5 Å². The monoisotopic (exact) mass is 604 g/mol. The number of rotatable bonds is 8. The minimum Gasteiger partial charge on any atom is -0.507 e. The lowest BCUT2D eigenvalue weighted by Crippen LogP contribution is -2.29. The number of carbonyl (C=O) groups is 2. The van der Waals surface area contributed by atoms with Crippen molar-refractivity contribution in [3.63, 3.8) is 0 Å². The van der Waals surface area contributed by atoms with E-state index >= 15 is 0 Å². The molecule has 2 aliphatic heterocycles. The summed E-state index contributed by atoms with van der Waals surface area (Å²) in [5, 5.41) is 12.5. The molecule has 1 fully saturated rings. The van der Waals surface area contributed by atoms with E-state index in [1.807, 2.05) is 26.8 Å². The molecule has 3 heterocycles. The van der Waals surface area contributed by atoms with Gasteiger partial charge in [0.15, 0.2) is 16.6 Å². The number of ether oxygens (including phenoxy) is 3. The van der Waals surface area contributed by atoms with Crippen LogP contribution in [0.4, 0.5) is 5.13 Å². The molecular weight excluding hydrogens is 576 g/mol. The molecule has 0 spiro atoms. The van der Waals surface area contributed by atoms with Crippen LogP contribution in [0, 0.1) is 0 Å². The number of hydrogen-bond donors (Lipinski definition) is 1. The third-order valence-electron chi connectivity index (χ3n) is 7.20. The molecule has 0 saturated carbocycles. The average Bonchev–Trinajstić information content (AvgIpc) is 3.63. The normalized spacial score (nSPS) is 19.3. The van der Waals surface area contributed by atoms with E-state index in [0.29, 0.717) is 57.9 Å². The largest absolute Gasteiger partial charge is 0.507 e. The summed E-state index contributed by atoms with van der Waals surface area (Å²) in [6.45, 7) is 6.75. The molecule has 0 unspecified atom stereocenters. The van der Waals surface area contributed by atoms with Gasteiger partial charge in [-0.15, -0.1) is 0 Å². The number of benzene rings is 3. The first kappa shape index (κ1) is 28.1. The Bertz CT molecular complexity index is 1750. The Morgan fingerprint density at radius 2 is 1.93 bits per heavy atom. The number of amides is 1. The number of nitrogens with zero attached hydrogens (tertiary/aromatic N) is 2. The molecule has 1 amide bonds. The summed E-state index contributed by atoms with van der Waals surface area (Å²) in [4.78, 5) is 33.5. The fraction of sp³-hybridized carbons (Fsp3) is 0.281. The molecule has 0 radical (unpaired) electrons. The van der Waals surface area contributed by atoms with Crippen LogP contribution < -0.4 is 19.1 Å². The van der Waals surface area contributed by atoms with Crippen molar-refractivity contribution in [3.05, 3.63) is 81.9 Å². The van der Waals surface area contributed by atoms with Crippen molar-refractivity contribution in [2.24, 2.45) is 0 Å². The molecular formula is C32H29ClN2O6S. The van der Waals surface area contributed by atoms with Crippen molar-refractivity contribution in [1.82, 2.24) is 4.98 Å². The maximum Gasteiger partial charge on any atom is 0.301 e. The second-order valence-corrected chi connectivity index (χ2v) is 11.7. The number of Topliss-reactive ketones (excluding diaryl/α,β-unsaturated/α-hetero) is 1. The van der Waals surface area contributed by atoms with Gasteiger partial charge < -0.3 is 19.3 Å². The zero-order valence-corrected chi connectivity index (χ0v) is 24.9. The highest BCUT2D eigenvalue weighted by Gasteiger charge is 2.48. The first-order valence-corrected chi connectivity index (χ1v) is 15.0. The van der Waals surface area contributed by atoms with Crippen LogP contribution in [-0.2, 0) is 16.0 Å². The van der Waals surface area contributed by atoms with Crippen LogP contribution in [-0.4, -0.2) is 41.1 Å². The molecule has 1 saturated heterocycles. The first-order chi connectivity index (χ1) is 20.3. The molecule has 8 nitrogen and oxygen atoms in total. The van der Waals surface area contributed by atoms with Crippen molar-refractivity contribution in [2.45, 2.75) is 45.8 Å². The number of anilines is 1. The number of fused-ring (bicyclic) bond motifs is 2. The van der Waals surface area contributed by atoms with Gasteiger partial charge in [0.1, 0.15) is 17.6 Å². The Morgan fingerprint density at radius 3 is 2.71 bits per heavy atom. The number of aliphatic hydroxyl groups is 1. The number of hydrogen-bond acceptors (Lipinski definition) is 8. The number of thiazole rings is 1. The van der Waals surface area contributed by atoms with Crippen molar-refractivity contribution in [2.75, 3.05) is 18.1 Å². The third kappa shape index (κ3) is 4.97. The van der Waals surface area contributed by atoms with Crippen molar-refractivity contribution in [1.29, 1.82) is 0 Å². The number of halogens is 1. The predicted octanol–water partition coefficient (Wildman–Crippen LogP) is 7.09. The van der Waals surface area contributed by atoms with Crippen LogP contribution in [0.2, 0.25) is 5.02 Å². The lowest BCUT2D eigenvalue weighted by Gasteiger charge is -2.24. The quantitative estimate of drug-likeness (QED) is 0.130. The van der Waals surface area contributed by atoms with Gasteiger partial charge in [0.25, 0.3) is 5.78 Å². The van der Waals surface area contributed by atoms with Crippen LogP contribution in [0.3, 0.4) is 0 Å². The summed E-state index contributed by atoms with van der Waals surface area (Å²) in [5.41, 5.74) is 2.54. The van der Waals surface area contributed by atoms with Gasteiger partial charge in [-0.05, 0) is 79.9 Å². The van der Waals surface area contributed by atoms with Gasteiger partial charge in [0.05, 0.1) is 35.0 Å². The molecule has 216 valence electrons. The third-order valence-corrected chi connectivity index (χ3v) is 8.46. The molecule has 4 aromatic rings. The Labute approximate surface area is 252 Å². The van der Waals surface area contributed by atoms with Gasteiger partial charge >= 0.3 is 5.91 Å². The molecule has 1 aromatic heterocycles. The molecule has 10 heteroatoms. The fourth-order valence-electron chi connectivity index (χ4n) is 5.35. The zero-order chi connectivity index (χ0) is 29.5. The Kier molecular flexibility index (Phi) is 7.55. The fourth-order valence-corrected chi connectivity index (χ4v) is 6.62. The van der Waals surface area contributed by atoms with Crippen molar-refractivity contribution < 1.29 is 28.9 Å². The van der Waals surface area contributed by atoms with E-state index < -0.39 is 17.7 Å². The second-order valence-electron chi connectivity index (χ2n) is 10.2. The van der Waals surface area contributed by atoms with Gasteiger partial charge in [0.2, 0.25) is 0 Å². The molecule has 2 atom stereocenters. The van der Waals surface area contributed by atoms with Gasteiger partial charge in [-0.1, -0.05) is 35.9 Å². The highest BCUT2D eigenvalue weighted by Crippen LogP contribution is 2.46. The minimum absolute atomic E-state index is 0.0148. The number of carbonyl (C=O) groups excluding carboxylic acids is 2. The summed E-state index contributed by atoms with van der Waals surface area (Å²) in [6.07, 6.45) is 1.51. The van der Waals surface area contributed by atoms with Gasteiger partial charge in [-0.25, -0.2) is 4.98 Å². The molecule has 1 N–H and O–H groups in total. The topological polar surface area (TPSA) is 98.2 Å². The molecule has 42 heavy (non-hydrogen) atoms.